The molecule has 2 aromatic carbocycles. The number of carboxylic acids is 1. The third-order valence-electron chi connectivity index (χ3n) is 2.42. The van der Waals surface area contributed by atoms with E-state index < -0.39 is 5.97 Å². The molecule has 0 spiro atoms. The Kier molecular flexibility index (Phi) is 3.53. The smallest absolute Gasteiger partial charge is 0.339 e. The summed E-state index contributed by atoms with van der Waals surface area (Å²) < 4.78 is 5.54. The van der Waals surface area contributed by atoms with E-state index in [0.29, 0.717) is 10.8 Å². The van der Waals surface area contributed by atoms with Gasteiger partial charge in [-0.25, -0.2) is 4.79 Å². The van der Waals surface area contributed by atoms with E-state index in [4.69, 9.17) is 21.4 Å². The second-order valence-corrected chi connectivity index (χ2v) is 4.24. The number of hydrogen-bond acceptors (Lipinski definition) is 2. The van der Waals surface area contributed by atoms with Gasteiger partial charge in [0.25, 0.3) is 0 Å². The Hall–Kier alpha value is -2.00. The molecule has 0 radical (unpaired) electrons. The third kappa shape index (κ3) is 2.63. The van der Waals surface area contributed by atoms with Crippen LogP contribution in [0.25, 0.3) is 0 Å². The van der Waals surface area contributed by atoms with E-state index in [1.807, 2.05) is 13.0 Å². The topological polar surface area (TPSA) is 46.5 Å². The second kappa shape index (κ2) is 5.10. The minimum absolute atomic E-state index is 0.106. The van der Waals surface area contributed by atoms with Crippen molar-refractivity contribution in [3.8, 4) is 11.5 Å². The highest BCUT2D eigenvalue weighted by molar-refractivity contribution is 6.32. The van der Waals surface area contributed by atoms with Crippen molar-refractivity contribution in [3.05, 3.63) is 58.6 Å². The van der Waals surface area contributed by atoms with Crippen LogP contribution in [0, 0.1) is 6.92 Å². The summed E-state index contributed by atoms with van der Waals surface area (Å²) in [5.41, 5.74) is 1.12. The van der Waals surface area contributed by atoms with Crippen LogP contribution in [0.4, 0.5) is 0 Å². The fourth-order valence-electron chi connectivity index (χ4n) is 1.54. The average Bonchev–Trinajstić information content (AvgIpc) is 2.33. The molecule has 0 fully saturated rings. The van der Waals surface area contributed by atoms with Crippen molar-refractivity contribution >= 4 is 17.6 Å². The SMILES string of the molecule is Cc1ccc(Oc2ccccc2C(=O)O)c(Cl)c1. The monoisotopic (exact) mass is 262 g/mol. The molecule has 0 aliphatic heterocycles. The number of carboxylic acid groups (broad SMARTS) is 1. The van der Waals surface area contributed by atoms with E-state index in [-0.39, 0.29) is 11.3 Å². The summed E-state index contributed by atoms with van der Waals surface area (Å²) >= 11 is 6.04. The van der Waals surface area contributed by atoms with Crippen molar-refractivity contribution in [1.82, 2.24) is 0 Å². The molecular weight excluding hydrogens is 252 g/mol. The van der Waals surface area contributed by atoms with E-state index in [0.717, 1.165) is 5.56 Å². The quantitative estimate of drug-likeness (QED) is 0.904. The molecule has 0 amide bonds. The molecule has 4 heteroatoms. The number of hydrogen-bond donors (Lipinski definition) is 1. The number of halogens is 1. The van der Waals surface area contributed by atoms with Crippen LogP contribution in [-0.2, 0) is 0 Å². The van der Waals surface area contributed by atoms with Gasteiger partial charge >= 0.3 is 5.97 Å². The minimum Gasteiger partial charge on any atom is -0.478 e. The highest BCUT2D eigenvalue weighted by Gasteiger charge is 2.12. The summed E-state index contributed by atoms with van der Waals surface area (Å²) in [7, 11) is 0. The lowest BCUT2D eigenvalue weighted by Crippen LogP contribution is -1.99. The van der Waals surface area contributed by atoms with Crippen LogP contribution in [0.5, 0.6) is 11.5 Å². The Morgan fingerprint density at radius 1 is 1.17 bits per heavy atom. The summed E-state index contributed by atoms with van der Waals surface area (Å²) in [6.45, 7) is 1.92. The third-order valence-corrected chi connectivity index (χ3v) is 2.72. The number of ether oxygens (including phenoxy) is 1. The first-order chi connectivity index (χ1) is 8.58. The predicted octanol–water partition coefficient (Wildman–Crippen LogP) is 4.14. The number of rotatable bonds is 3. The van der Waals surface area contributed by atoms with Crippen LogP contribution in [0.2, 0.25) is 5.02 Å². The zero-order valence-electron chi connectivity index (χ0n) is 9.68. The molecule has 0 aromatic heterocycles. The number of aryl methyl sites for hydroxylation is 1. The molecule has 0 atom stereocenters. The Bertz CT molecular complexity index is 593. The van der Waals surface area contributed by atoms with Gasteiger partial charge in [-0.2, -0.15) is 0 Å². The van der Waals surface area contributed by atoms with Crippen molar-refractivity contribution in [2.45, 2.75) is 6.92 Å². The van der Waals surface area contributed by atoms with E-state index in [1.165, 1.54) is 6.07 Å². The summed E-state index contributed by atoms with van der Waals surface area (Å²) in [4.78, 5) is 11.0. The molecule has 1 N–H and O–H groups in total. The van der Waals surface area contributed by atoms with Gasteiger partial charge in [0.1, 0.15) is 17.1 Å². The number of aromatic carboxylic acids is 1. The molecular formula is C14H11ClO3. The van der Waals surface area contributed by atoms with Gasteiger partial charge in [-0.05, 0) is 36.8 Å². The zero-order valence-corrected chi connectivity index (χ0v) is 10.4. The Balaban J connectivity index is 2.37. The van der Waals surface area contributed by atoms with E-state index in [2.05, 4.69) is 0 Å². The average molecular weight is 263 g/mol. The van der Waals surface area contributed by atoms with Gasteiger partial charge in [-0.1, -0.05) is 29.8 Å². The van der Waals surface area contributed by atoms with Crippen LogP contribution in [0.3, 0.4) is 0 Å². The molecule has 0 saturated heterocycles. The molecule has 0 saturated carbocycles. The Labute approximate surface area is 110 Å². The summed E-state index contributed by atoms with van der Waals surface area (Å²) in [5.74, 6) is -0.319. The van der Waals surface area contributed by atoms with Gasteiger partial charge in [0.05, 0.1) is 5.02 Å². The van der Waals surface area contributed by atoms with Crippen molar-refractivity contribution in [1.29, 1.82) is 0 Å². The second-order valence-electron chi connectivity index (χ2n) is 3.84. The van der Waals surface area contributed by atoms with Crippen LogP contribution >= 0.6 is 11.6 Å². The van der Waals surface area contributed by atoms with Gasteiger partial charge in [0, 0.05) is 0 Å². The summed E-state index contributed by atoms with van der Waals surface area (Å²) in [5, 5.41) is 9.50. The molecule has 0 aliphatic carbocycles. The summed E-state index contributed by atoms with van der Waals surface area (Å²) in [6.07, 6.45) is 0. The molecule has 92 valence electrons. The van der Waals surface area contributed by atoms with Gasteiger partial charge in [-0.15, -0.1) is 0 Å². The van der Waals surface area contributed by atoms with E-state index >= 15 is 0 Å². The standard InChI is InChI=1S/C14H11ClO3/c1-9-6-7-13(11(15)8-9)18-12-5-3-2-4-10(12)14(16)17/h2-8H,1H3,(H,16,17). The first-order valence-electron chi connectivity index (χ1n) is 5.34. The maximum atomic E-state index is 11.0. The maximum Gasteiger partial charge on any atom is 0.339 e. The molecule has 0 unspecified atom stereocenters. The van der Waals surface area contributed by atoms with E-state index in [1.54, 1.807) is 30.3 Å². The highest BCUT2D eigenvalue weighted by Crippen LogP contribution is 2.31. The van der Waals surface area contributed by atoms with Gasteiger partial charge < -0.3 is 9.84 Å². The molecule has 0 bridgehead atoms. The summed E-state index contributed by atoms with van der Waals surface area (Å²) in [6, 6.07) is 11.8. The fourth-order valence-corrected chi connectivity index (χ4v) is 1.81. The Morgan fingerprint density at radius 3 is 2.56 bits per heavy atom. The molecule has 0 heterocycles. The number of benzene rings is 2. The minimum atomic E-state index is -1.03. The maximum absolute atomic E-state index is 11.0. The highest BCUT2D eigenvalue weighted by atomic mass is 35.5. The molecule has 2 rings (SSSR count). The largest absolute Gasteiger partial charge is 0.478 e. The lowest BCUT2D eigenvalue weighted by Gasteiger charge is -2.10. The van der Waals surface area contributed by atoms with Crippen LogP contribution in [0.1, 0.15) is 15.9 Å². The van der Waals surface area contributed by atoms with Crippen LogP contribution in [-0.4, -0.2) is 11.1 Å². The van der Waals surface area contributed by atoms with Crippen molar-refractivity contribution in [2.24, 2.45) is 0 Å². The molecule has 2 aromatic rings. The first-order valence-corrected chi connectivity index (χ1v) is 5.72. The van der Waals surface area contributed by atoms with Gasteiger partial charge in [0.2, 0.25) is 0 Å². The van der Waals surface area contributed by atoms with E-state index in [9.17, 15) is 4.79 Å². The molecule has 3 nitrogen and oxygen atoms in total. The lowest BCUT2D eigenvalue weighted by atomic mass is 10.2. The lowest BCUT2D eigenvalue weighted by molar-refractivity contribution is 0.0694. The number of para-hydroxylation sites is 1. The van der Waals surface area contributed by atoms with Crippen LogP contribution < -0.4 is 4.74 Å². The fraction of sp³-hybridized carbons (Fsp3) is 0.0714. The normalized spacial score (nSPS) is 10.1. The van der Waals surface area contributed by atoms with Gasteiger partial charge in [0.15, 0.2) is 0 Å². The Morgan fingerprint density at radius 2 is 1.89 bits per heavy atom. The van der Waals surface area contributed by atoms with Crippen LogP contribution in [0.15, 0.2) is 42.5 Å². The molecule has 0 aliphatic rings. The van der Waals surface area contributed by atoms with Crippen molar-refractivity contribution in [3.63, 3.8) is 0 Å². The zero-order chi connectivity index (χ0) is 13.1. The predicted molar refractivity (Wildman–Crippen MR) is 69.7 cm³/mol. The van der Waals surface area contributed by atoms with Crippen molar-refractivity contribution in [2.75, 3.05) is 0 Å². The first kappa shape index (κ1) is 12.5. The number of carbonyl (C=O) groups is 1. The van der Waals surface area contributed by atoms with Gasteiger partial charge in [-0.3, -0.25) is 0 Å². The molecule has 18 heavy (non-hydrogen) atoms. The van der Waals surface area contributed by atoms with Crippen molar-refractivity contribution < 1.29 is 14.6 Å².